The molecule has 6 heteroatoms. The second-order valence-corrected chi connectivity index (χ2v) is 18.8. The molecule has 260 valence electrons. The molecule has 0 saturated carbocycles. The van der Waals surface area contributed by atoms with E-state index in [2.05, 4.69) is 129 Å². The highest BCUT2D eigenvalue weighted by Gasteiger charge is 2.52. The number of benzene rings is 5. The van der Waals surface area contributed by atoms with Gasteiger partial charge in [0, 0.05) is 23.8 Å². The first-order valence-electron chi connectivity index (χ1n) is 18.3. The zero-order valence-corrected chi connectivity index (χ0v) is 30.9. The van der Waals surface area contributed by atoms with Crippen molar-refractivity contribution in [2.45, 2.75) is 70.0 Å². The van der Waals surface area contributed by atoms with Crippen LogP contribution < -0.4 is 20.1 Å². The monoisotopic (exact) mass is 692 g/mol. The molecule has 1 aromatic heterocycles. The third-order valence-electron chi connectivity index (χ3n) is 10.2. The van der Waals surface area contributed by atoms with Crippen molar-refractivity contribution in [1.29, 1.82) is 0 Å². The van der Waals surface area contributed by atoms with Crippen LogP contribution in [0.15, 0.2) is 144 Å². The summed E-state index contributed by atoms with van der Waals surface area (Å²) in [7, 11) is -2.81. The van der Waals surface area contributed by atoms with Gasteiger partial charge in [0.05, 0.1) is 6.04 Å². The molecule has 1 aliphatic rings. The summed E-state index contributed by atoms with van der Waals surface area (Å²) in [5, 5.41) is 16.3. The fourth-order valence-corrected chi connectivity index (χ4v) is 12.2. The molecule has 0 amide bonds. The van der Waals surface area contributed by atoms with E-state index in [9.17, 15) is 5.11 Å². The van der Waals surface area contributed by atoms with Crippen LogP contribution in [0.25, 0.3) is 22.6 Å². The third-order valence-corrected chi connectivity index (χ3v) is 15.2. The quantitative estimate of drug-likeness (QED) is 0.125. The van der Waals surface area contributed by atoms with E-state index in [1.165, 1.54) is 21.5 Å². The van der Waals surface area contributed by atoms with E-state index in [-0.39, 0.29) is 23.7 Å². The van der Waals surface area contributed by atoms with E-state index < -0.39 is 8.32 Å². The van der Waals surface area contributed by atoms with Gasteiger partial charge in [-0.1, -0.05) is 154 Å². The number of oxazole rings is 1. The average Bonchev–Trinajstić information content (AvgIpc) is 3.62. The summed E-state index contributed by atoms with van der Waals surface area (Å²) in [5.41, 5.74) is 5.38. The van der Waals surface area contributed by atoms with Crippen LogP contribution in [0, 0.1) is 0 Å². The lowest BCUT2D eigenvalue weighted by molar-refractivity contribution is 0.259. The van der Waals surface area contributed by atoms with Crippen LogP contribution in [0.3, 0.4) is 0 Å². The molecule has 51 heavy (non-hydrogen) atoms. The van der Waals surface area contributed by atoms with Crippen molar-refractivity contribution >= 4 is 18.7 Å². The fraction of sp³-hybridized carbons (Fsp3) is 0.267. The van der Waals surface area contributed by atoms with E-state index in [4.69, 9.17) is 13.8 Å². The van der Waals surface area contributed by atoms with Crippen LogP contribution in [0.1, 0.15) is 75.6 Å². The summed E-state index contributed by atoms with van der Waals surface area (Å²) in [4.78, 5) is 5.16. The van der Waals surface area contributed by atoms with Crippen molar-refractivity contribution in [2.75, 3.05) is 6.61 Å². The molecular formula is C45H48N2O3Si. The number of nitrogens with zero attached hydrogens (tertiary/aromatic N) is 1. The molecule has 0 bridgehead atoms. The van der Waals surface area contributed by atoms with Crippen molar-refractivity contribution in [3.8, 4) is 28.3 Å². The highest BCUT2D eigenvalue weighted by Crippen LogP contribution is 2.43. The molecule has 5 aromatic carbocycles. The summed E-state index contributed by atoms with van der Waals surface area (Å²) in [6, 6.07) is 48.6. The van der Waals surface area contributed by atoms with Crippen molar-refractivity contribution in [1.82, 2.24) is 10.3 Å². The maximum absolute atomic E-state index is 9.95. The maximum Gasteiger partial charge on any atom is 0.319 e. The van der Waals surface area contributed by atoms with E-state index in [0.717, 1.165) is 47.6 Å². The topological polar surface area (TPSA) is 67.5 Å². The normalized spacial score (nSPS) is 15.3. The van der Waals surface area contributed by atoms with Gasteiger partial charge in [-0.2, -0.15) is 0 Å². The molecule has 0 fully saturated rings. The molecule has 2 atom stereocenters. The van der Waals surface area contributed by atoms with E-state index in [1.54, 1.807) is 0 Å². The minimum Gasteiger partial charge on any atom is -0.534 e. The second-order valence-electron chi connectivity index (χ2n) is 14.6. The fourth-order valence-electron chi connectivity index (χ4n) is 7.78. The minimum atomic E-state index is -2.81. The van der Waals surface area contributed by atoms with Crippen molar-refractivity contribution < 1.29 is 13.9 Å². The van der Waals surface area contributed by atoms with Gasteiger partial charge in [0.15, 0.2) is 5.76 Å². The van der Waals surface area contributed by atoms with Gasteiger partial charge in [-0.3, -0.25) is 5.32 Å². The Morgan fingerprint density at radius 1 is 0.784 bits per heavy atom. The number of aliphatic hydroxyl groups is 1. The van der Waals surface area contributed by atoms with E-state index in [1.807, 2.05) is 36.4 Å². The first kappa shape index (κ1) is 34.7. The summed E-state index contributed by atoms with van der Waals surface area (Å²) in [6.45, 7) is 7.09. The Bertz CT molecular complexity index is 1910. The predicted octanol–water partition coefficient (Wildman–Crippen LogP) is 9.43. The lowest BCUT2D eigenvalue weighted by Crippen LogP contribution is -2.69. The van der Waals surface area contributed by atoms with Gasteiger partial charge in [0.1, 0.15) is 11.4 Å². The van der Waals surface area contributed by atoms with Crippen LogP contribution in [-0.2, 0) is 6.42 Å². The van der Waals surface area contributed by atoms with Crippen LogP contribution in [-0.4, -0.2) is 25.0 Å². The van der Waals surface area contributed by atoms with Crippen molar-refractivity contribution in [2.24, 2.45) is 0 Å². The lowest BCUT2D eigenvalue weighted by Gasteiger charge is -2.44. The Balaban J connectivity index is 1.27. The average molecular weight is 693 g/mol. The zero-order valence-electron chi connectivity index (χ0n) is 29.9. The first-order chi connectivity index (χ1) is 24.9. The van der Waals surface area contributed by atoms with Gasteiger partial charge in [-0.05, 0) is 64.7 Å². The van der Waals surface area contributed by atoms with Gasteiger partial charge in [0.2, 0.25) is 5.89 Å². The number of hydrogen-bond acceptors (Lipinski definition) is 5. The van der Waals surface area contributed by atoms with Crippen LogP contribution in [0.5, 0.6) is 5.75 Å². The molecule has 1 aliphatic carbocycles. The minimum absolute atomic E-state index is 0.0763. The molecule has 0 aliphatic heterocycles. The Kier molecular flexibility index (Phi) is 10.4. The molecule has 7 rings (SSSR count). The standard InChI is InChI=1S/C45H48N2O3Si/c1-45(2,3)51(35-23-12-6-13-24-35,36-25-14-7-15-26-36)50-41-31-17-27-37-38(41)28-16-29-39(37)46-40(30-18-32-48)44-47-42(33-19-8-4-9-20-33)43(49-44)34-21-10-5-11-22-34/h4-15,17,19-27,31,39-40,46,48H,16,18,28-30,32H2,1-3H3/t39-,40-/m1/s1. The van der Waals surface area contributed by atoms with E-state index >= 15 is 0 Å². The summed E-state index contributed by atoms with van der Waals surface area (Å²) in [5.74, 6) is 2.39. The molecule has 0 radical (unpaired) electrons. The Labute approximate surface area is 303 Å². The van der Waals surface area contributed by atoms with Gasteiger partial charge in [-0.15, -0.1) is 0 Å². The number of fused-ring (bicyclic) bond motifs is 1. The SMILES string of the molecule is CC(C)(C)[Si](Oc1cccc2c1CCC[C@H]2N[C@H](CCCO)c1nc(-c2ccccc2)c(-c2ccccc2)o1)(c1ccccc1)c1ccccc1. The van der Waals surface area contributed by atoms with E-state index in [0.29, 0.717) is 18.7 Å². The maximum atomic E-state index is 9.95. The molecule has 0 saturated heterocycles. The molecule has 5 nitrogen and oxygen atoms in total. The first-order valence-corrected chi connectivity index (χ1v) is 20.2. The Hall–Kier alpha value is -4.75. The zero-order chi connectivity index (χ0) is 35.3. The van der Waals surface area contributed by atoms with Crippen LogP contribution in [0.4, 0.5) is 0 Å². The third kappa shape index (κ3) is 7.09. The van der Waals surface area contributed by atoms with Gasteiger partial charge < -0.3 is 13.9 Å². The predicted molar refractivity (Wildman–Crippen MR) is 210 cm³/mol. The molecule has 2 N–H and O–H groups in total. The van der Waals surface area contributed by atoms with Crippen molar-refractivity contribution in [3.63, 3.8) is 0 Å². The number of hydrogen-bond donors (Lipinski definition) is 2. The number of nitrogens with one attached hydrogen (secondary N) is 1. The molecule has 0 spiro atoms. The smallest absolute Gasteiger partial charge is 0.319 e. The molecular weight excluding hydrogens is 645 g/mol. The number of aliphatic hydroxyl groups excluding tert-OH is 1. The highest BCUT2D eigenvalue weighted by molar-refractivity contribution is 7.00. The Morgan fingerprint density at radius 2 is 1.37 bits per heavy atom. The number of aromatic nitrogens is 1. The summed E-state index contributed by atoms with van der Waals surface area (Å²) in [6.07, 6.45) is 4.32. The summed E-state index contributed by atoms with van der Waals surface area (Å²) < 4.78 is 14.3. The molecule has 0 unspecified atom stereocenters. The van der Waals surface area contributed by atoms with Gasteiger partial charge >= 0.3 is 8.32 Å². The second kappa shape index (κ2) is 15.2. The van der Waals surface area contributed by atoms with Gasteiger partial charge in [-0.25, -0.2) is 4.98 Å². The number of rotatable bonds is 12. The lowest BCUT2D eigenvalue weighted by atomic mass is 9.86. The van der Waals surface area contributed by atoms with Gasteiger partial charge in [0.25, 0.3) is 0 Å². The largest absolute Gasteiger partial charge is 0.534 e. The van der Waals surface area contributed by atoms with Crippen LogP contribution in [0.2, 0.25) is 5.04 Å². The highest BCUT2D eigenvalue weighted by atomic mass is 28.4. The Morgan fingerprint density at radius 3 is 1.96 bits per heavy atom. The molecule has 6 aromatic rings. The van der Waals surface area contributed by atoms with Crippen molar-refractivity contribution in [3.05, 3.63) is 157 Å². The van der Waals surface area contributed by atoms with Crippen LogP contribution >= 0.6 is 0 Å². The molecule has 1 heterocycles. The summed E-state index contributed by atoms with van der Waals surface area (Å²) >= 11 is 0.